The number of anilines is 1. The number of para-hydroxylation sites is 1. The van der Waals surface area contributed by atoms with Crippen LogP contribution in [-0.4, -0.2) is 52.0 Å². The van der Waals surface area contributed by atoms with Crippen LogP contribution in [0.5, 0.6) is 0 Å². The summed E-state index contributed by atoms with van der Waals surface area (Å²) >= 11 is 1.42. The average Bonchev–Trinajstić information content (AvgIpc) is 3.29. The number of amides is 1. The molecule has 3 aliphatic carbocycles. The SMILES string of the molecule is C=C[C@]1(C)C[C@@H](OC(=O)CSC(C)(C)CNC(=O)c2ccccc2N)[C@]2(C)[C@H](C)CC[C@]3(CCC(=O)[C@H]32)[C@@H](C)[C@@H]1O. The van der Waals surface area contributed by atoms with Crippen molar-refractivity contribution in [3.8, 4) is 0 Å². The van der Waals surface area contributed by atoms with Gasteiger partial charge in [-0.15, -0.1) is 18.3 Å². The van der Waals surface area contributed by atoms with Crippen LogP contribution in [0.3, 0.4) is 0 Å². The Hall–Kier alpha value is -2.32. The molecule has 0 saturated heterocycles. The largest absolute Gasteiger partial charge is 0.461 e. The molecular weight excluding hydrogens is 536 g/mol. The molecule has 2 bridgehead atoms. The third-order valence-corrected chi connectivity index (χ3v) is 12.3. The third-order valence-electron chi connectivity index (χ3n) is 11.0. The molecule has 0 aromatic heterocycles. The standard InChI is InChI=1S/C33H48N2O5S/c1-8-31(6)17-25(32(7)20(2)13-15-33(21(3)28(31)38)16-14-24(36)27(32)33)40-26(37)18-41-30(4,5)19-35-29(39)22-11-9-10-12-23(22)34/h8-12,20-21,25,27-28,38H,1,13-19,34H2,2-7H3,(H,35,39)/t20-,21+,25-,27+,28+,31-,32+,33+/m1/s1. The van der Waals surface area contributed by atoms with Crippen LogP contribution in [0, 0.1) is 34.0 Å². The van der Waals surface area contributed by atoms with Gasteiger partial charge in [-0.2, -0.15) is 0 Å². The fraction of sp³-hybridized carbons (Fsp3) is 0.667. The number of nitrogen functional groups attached to an aromatic ring is 1. The van der Waals surface area contributed by atoms with E-state index in [0.29, 0.717) is 30.6 Å². The second-order valence-electron chi connectivity index (χ2n) is 13.9. The molecule has 1 amide bonds. The summed E-state index contributed by atoms with van der Waals surface area (Å²) < 4.78 is 5.91. The average molecular weight is 585 g/mol. The number of nitrogens with one attached hydrogen (secondary N) is 1. The summed E-state index contributed by atoms with van der Waals surface area (Å²) in [5, 5.41) is 14.6. The maximum Gasteiger partial charge on any atom is 0.316 e. The first-order chi connectivity index (χ1) is 19.1. The molecule has 4 N–H and O–H groups in total. The minimum absolute atomic E-state index is 0.0665. The predicted molar refractivity (Wildman–Crippen MR) is 164 cm³/mol. The van der Waals surface area contributed by atoms with Crippen molar-refractivity contribution in [1.29, 1.82) is 0 Å². The molecular formula is C33H48N2O5S. The highest BCUT2D eigenvalue weighted by Crippen LogP contribution is 2.68. The lowest BCUT2D eigenvalue weighted by Crippen LogP contribution is -2.63. The fourth-order valence-corrected chi connectivity index (χ4v) is 8.84. The summed E-state index contributed by atoms with van der Waals surface area (Å²) in [6.07, 6.45) is 4.12. The van der Waals surface area contributed by atoms with Gasteiger partial charge in [0.25, 0.3) is 5.91 Å². The Bertz CT molecular complexity index is 1200. The molecule has 0 spiro atoms. The summed E-state index contributed by atoms with van der Waals surface area (Å²) in [6.45, 7) is 16.8. The lowest BCUT2D eigenvalue weighted by molar-refractivity contribution is -0.205. The highest BCUT2D eigenvalue weighted by atomic mass is 32.2. The van der Waals surface area contributed by atoms with Crippen molar-refractivity contribution in [2.45, 2.75) is 90.6 Å². The summed E-state index contributed by atoms with van der Waals surface area (Å²) in [4.78, 5) is 39.7. The molecule has 8 atom stereocenters. The molecule has 0 heterocycles. The van der Waals surface area contributed by atoms with Gasteiger partial charge in [0.1, 0.15) is 11.9 Å². The highest BCUT2D eigenvalue weighted by Gasteiger charge is 2.68. The number of aliphatic hydroxyl groups is 1. The molecule has 41 heavy (non-hydrogen) atoms. The zero-order valence-electron chi connectivity index (χ0n) is 25.5. The number of carbonyl (C=O) groups is 3. The van der Waals surface area contributed by atoms with Crippen molar-refractivity contribution in [1.82, 2.24) is 5.32 Å². The van der Waals surface area contributed by atoms with Crippen LogP contribution in [0.25, 0.3) is 0 Å². The summed E-state index contributed by atoms with van der Waals surface area (Å²) in [5.74, 6) is -0.396. The number of carbonyl (C=O) groups excluding carboxylic acids is 3. The number of rotatable bonds is 8. The minimum Gasteiger partial charge on any atom is -0.461 e. The van der Waals surface area contributed by atoms with E-state index >= 15 is 0 Å². The maximum absolute atomic E-state index is 13.6. The van der Waals surface area contributed by atoms with E-state index in [-0.39, 0.29) is 46.6 Å². The van der Waals surface area contributed by atoms with Crippen molar-refractivity contribution in [2.24, 2.45) is 34.0 Å². The minimum atomic E-state index is -0.692. The first-order valence-corrected chi connectivity index (χ1v) is 15.9. The van der Waals surface area contributed by atoms with E-state index in [1.165, 1.54) is 11.8 Å². The number of nitrogens with two attached hydrogens (primary N) is 1. The second-order valence-corrected chi connectivity index (χ2v) is 15.6. The zero-order valence-corrected chi connectivity index (χ0v) is 26.3. The van der Waals surface area contributed by atoms with E-state index in [2.05, 4.69) is 32.7 Å². The van der Waals surface area contributed by atoms with Crippen LogP contribution < -0.4 is 11.1 Å². The number of esters is 1. The molecule has 3 fully saturated rings. The van der Waals surface area contributed by atoms with Crippen molar-refractivity contribution in [3.63, 3.8) is 0 Å². The quantitative estimate of drug-likeness (QED) is 0.212. The Morgan fingerprint density at radius 3 is 2.59 bits per heavy atom. The van der Waals surface area contributed by atoms with E-state index in [1.807, 2.05) is 26.8 Å². The number of aliphatic hydroxyl groups excluding tert-OH is 1. The Morgan fingerprint density at radius 2 is 1.93 bits per heavy atom. The lowest BCUT2D eigenvalue weighted by Gasteiger charge is -2.61. The summed E-state index contributed by atoms with van der Waals surface area (Å²) in [6, 6.07) is 6.92. The van der Waals surface area contributed by atoms with Crippen LogP contribution in [0.2, 0.25) is 0 Å². The van der Waals surface area contributed by atoms with Crippen molar-refractivity contribution in [3.05, 3.63) is 42.5 Å². The smallest absolute Gasteiger partial charge is 0.316 e. The van der Waals surface area contributed by atoms with Crippen LogP contribution in [-0.2, 0) is 14.3 Å². The molecule has 4 rings (SSSR count). The monoisotopic (exact) mass is 584 g/mol. The Kier molecular flexibility index (Phi) is 8.79. The number of thioether (sulfide) groups is 1. The van der Waals surface area contributed by atoms with Crippen LogP contribution in [0.15, 0.2) is 36.9 Å². The van der Waals surface area contributed by atoms with Gasteiger partial charge in [-0.05, 0) is 68.9 Å². The first-order valence-electron chi connectivity index (χ1n) is 14.9. The van der Waals surface area contributed by atoms with E-state index in [1.54, 1.807) is 24.3 Å². The zero-order chi connectivity index (χ0) is 30.4. The van der Waals surface area contributed by atoms with Crippen LogP contribution >= 0.6 is 11.8 Å². The van der Waals surface area contributed by atoms with Gasteiger partial charge in [-0.3, -0.25) is 14.4 Å². The van der Waals surface area contributed by atoms with Gasteiger partial charge >= 0.3 is 5.97 Å². The number of ketones is 1. The van der Waals surface area contributed by atoms with Crippen LogP contribution in [0.1, 0.15) is 84.0 Å². The molecule has 3 aliphatic rings. The van der Waals surface area contributed by atoms with Gasteiger partial charge in [0.15, 0.2) is 0 Å². The fourth-order valence-electron chi connectivity index (χ4n) is 8.09. The normalized spacial score (nSPS) is 37.0. The van der Waals surface area contributed by atoms with Gasteiger partial charge in [-0.1, -0.05) is 45.9 Å². The van der Waals surface area contributed by atoms with Gasteiger partial charge in [-0.25, -0.2) is 0 Å². The molecule has 3 saturated carbocycles. The maximum atomic E-state index is 13.6. The van der Waals surface area contributed by atoms with Crippen molar-refractivity contribution >= 4 is 35.1 Å². The molecule has 0 radical (unpaired) electrons. The molecule has 7 nitrogen and oxygen atoms in total. The lowest BCUT2D eigenvalue weighted by atomic mass is 9.44. The van der Waals surface area contributed by atoms with Crippen LogP contribution in [0.4, 0.5) is 5.69 Å². The topological polar surface area (TPSA) is 119 Å². The number of benzene rings is 1. The second kappa shape index (κ2) is 11.4. The molecule has 0 unspecified atom stereocenters. The molecule has 8 heteroatoms. The molecule has 1 aromatic rings. The predicted octanol–water partition coefficient (Wildman–Crippen LogP) is 5.42. The molecule has 0 aliphatic heterocycles. The number of ether oxygens (including phenoxy) is 1. The van der Waals surface area contributed by atoms with E-state index in [9.17, 15) is 19.5 Å². The molecule has 1 aromatic carbocycles. The Morgan fingerprint density at radius 1 is 1.24 bits per heavy atom. The number of Topliss-reactive ketones (excluding diaryl/α,β-unsaturated/α-hetero) is 1. The van der Waals surface area contributed by atoms with Gasteiger partial charge in [0.2, 0.25) is 0 Å². The van der Waals surface area contributed by atoms with Crippen molar-refractivity contribution in [2.75, 3.05) is 18.0 Å². The van der Waals surface area contributed by atoms with E-state index in [4.69, 9.17) is 10.5 Å². The first kappa shape index (κ1) is 31.6. The highest BCUT2D eigenvalue weighted by molar-refractivity contribution is 8.01. The van der Waals surface area contributed by atoms with E-state index < -0.39 is 27.8 Å². The Balaban J connectivity index is 1.51. The van der Waals surface area contributed by atoms with Gasteiger partial charge < -0.3 is 20.9 Å². The molecule has 226 valence electrons. The van der Waals surface area contributed by atoms with E-state index in [0.717, 1.165) is 19.3 Å². The Labute approximate surface area is 249 Å². The van der Waals surface area contributed by atoms with Gasteiger partial charge in [0, 0.05) is 40.1 Å². The third kappa shape index (κ3) is 5.58. The number of hydrogen-bond acceptors (Lipinski definition) is 7. The number of hydrogen-bond donors (Lipinski definition) is 3. The summed E-state index contributed by atoms with van der Waals surface area (Å²) in [5.41, 5.74) is 5.28. The van der Waals surface area contributed by atoms with Gasteiger partial charge in [0.05, 0.1) is 17.4 Å². The van der Waals surface area contributed by atoms with Crippen molar-refractivity contribution < 1.29 is 24.2 Å². The summed E-state index contributed by atoms with van der Waals surface area (Å²) in [7, 11) is 0.